The van der Waals surface area contributed by atoms with E-state index < -0.39 is 23.3 Å². The van der Waals surface area contributed by atoms with Gasteiger partial charge in [0.1, 0.15) is 12.1 Å². The Hall–Kier alpha value is -1.51. The summed E-state index contributed by atoms with van der Waals surface area (Å²) >= 11 is 0. The molecule has 0 aliphatic rings. The smallest absolute Gasteiger partial charge is 0.323 e. The minimum absolute atomic E-state index is 0.0332. The number of rotatable bonds is 4. The standard InChI is InChI=1S/C9H12N2O5/c10-7(9(13)14)8(12)5-2-1-3-6(4-5)11(15)16/h1-4,7-8,11-12,15H,10H2,(H,13,14)/t7-,8+/m1/s1. The highest BCUT2D eigenvalue weighted by molar-refractivity contribution is 5.74. The van der Waals surface area contributed by atoms with Gasteiger partial charge in [-0.05, 0) is 5.56 Å². The number of aliphatic carboxylic acids is 1. The molecule has 16 heavy (non-hydrogen) atoms. The van der Waals surface area contributed by atoms with Crippen molar-refractivity contribution in [1.29, 1.82) is 0 Å². The van der Waals surface area contributed by atoms with Gasteiger partial charge in [-0.1, -0.05) is 12.1 Å². The van der Waals surface area contributed by atoms with Crippen molar-refractivity contribution in [3.63, 3.8) is 0 Å². The highest BCUT2D eigenvalue weighted by Gasteiger charge is 2.24. The van der Waals surface area contributed by atoms with Gasteiger partial charge in [0.25, 0.3) is 0 Å². The van der Waals surface area contributed by atoms with Crippen LogP contribution in [0.1, 0.15) is 11.7 Å². The van der Waals surface area contributed by atoms with E-state index in [9.17, 15) is 15.1 Å². The fourth-order valence-electron chi connectivity index (χ4n) is 1.20. The van der Waals surface area contributed by atoms with Crippen LogP contribution in [0.2, 0.25) is 0 Å². The molecule has 0 aromatic heterocycles. The maximum absolute atomic E-state index is 10.7. The number of hydrogen-bond acceptors (Lipinski definition) is 5. The molecule has 0 radical (unpaired) electrons. The summed E-state index contributed by atoms with van der Waals surface area (Å²) < 4.78 is 0. The molecule has 6 N–H and O–H groups in total. The van der Waals surface area contributed by atoms with E-state index in [2.05, 4.69) is 0 Å². The third-order valence-corrected chi connectivity index (χ3v) is 2.10. The number of carbonyl (C=O) groups is 1. The van der Waals surface area contributed by atoms with E-state index in [-0.39, 0.29) is 11.3 Å². The topological polar surface area (TPSA) is 131 Å². The van der Waals surface area contributed by atoms with Crippen LogP contribution in [0.3, 0.4) is 0 Å². The van der Waals surface area contributed by atoms with E-state index in [1.807, 2.05) is 0 Å². The highest BCUT2D eigenvalue weighted by atomic mass is 16.8. The van der Waals surface area contributed by atoms with Crippen molar-refractivity contribution in [3.8, 4) is 0 Å². The normalized spacial score (nSPS) is 16.5. The Balaban J connectivity index is 2.95. The molecule has 0 saturated heterocycles. The summed E-state index contributed by atoms with van der Waals surface area (Å²) in [4.78, 5) is 10.5. The van der Waals surface area contributed by atoms with E-state index >= 15 is 0 Å². The molecular weight excluding hydrogens is 216 g/mol. The Labute approximate surface area is 90.9 Å². The van der Waals surface area contributed by atoms with Crippen molar-refractivity contribution in [3.05, 3.63) is 35.0 Å². The Morgan fingerprint density at radius 3 is 2.62 bits per heavy atom. The Kier molecular flexibility index (Phi) is 3.93. The second kappa shape index (κ2) is 5.01. The summed E-state index contributed by atoms with van der Waals surface area (Å²) in [6.45, 7) is 0. The first-order chi connectivity index (χ1) is 7.43. The van der Waals surface area contributed by atoms with Crippen LogP contribution in [-0.2, 0) is 4.79 Å². The van der Waals surface area contributed by atoms with Crippen LogP contribution in [0, 0.1) is 5.21 Å². The number of nitrogens with two attached hydrogens (primary N) is 1. The molecule has 7 heteroatoms. The number of carboxylic acids is 1. The summed E-state index contributed by atoms with van der Waals surface area (Å²) in [6, 6.07) is 3.88. The molecular formula is C9H12N2O5. The predicted octanol–water partition coefficient (Wildman–Crippen LogP) is -1.46. The first-order valence-electron chi connectivity index (χ1n) is 4.43. The van der Waals surface area contributed by atoms with Gasteiger partial charge in [0, 0.05) is 12.1 Å². The first-order valence-corrected chi connectivity index (χ1v) is 4.43. The molecule has 1 aromatic carbocycles. The van der Waals surface area contributed by atoms with E-state index in [0.29, 0.717) is 0 Å². The lowest BCUT2D eigenvalue weighted by Crippen LogP contribution is -2.99. The maximum atomic E-state index is 10.7. The lowest BCUT2D eigenvalue weighted by atomic mass is 10.0. The molecule has 0 aliphatic heterocycles. The Morgan fingerprint density at radius 1 is 1.50 bits per heavy atom. The van der Waals surface area contributed by atoms with E-state index in [1.54, 1.807) is 0 Å². The molecule has 0 saturated carbocycles. The average Bonchev–Trinajstić information content (AvgIpc) is 2.27. The van der Waals surface area contributed by atoms with Crippen molar-refractivity contribution < 1.29 is 25.4 Å². The molecule has 88 valence electrons. The zero-order chi connectivity index (χ0) is 12.3. The van der Waals surface area contributed by atoms with Crippen molar-refractivity contribution in [2.75, 3.05) is 0 Å². The van der Waals surface area contributed by atoms with Gasteiger partial charge >= 0.3 is 5.97 Å². The van der Waals surface area contributed by atoms with Crippen LogP contribution >= 0.6 is 0 Å². The Bertz CT molecular complexity index is 382. The quantitative estimate of drug-likeness (QED) is 0.400. The summed E-state index contributed by atoms with van der Waals surface area (Å²) in [5.41, 5.74) is 5.35. The van der Waals surface area contributed by atoms with Crippen molar-refractivity contribution >= 4 is 11.7 Å². The van der Waals surface area contributed by atoms with Crippen LogP contribution in [-0.4, -0.2) is 27.4 Å². The number of aliphatic hydroxyl groups excluding tert-OH is 1. The van der Waals surface area contributed by atoms with E-state index in [4.69, 9.17) is 16.0 Å². The third-order valence-electron chi connectivity index (χ3n) is 2.10. The van der Waals surface area contributed by atoms with E-state index in [1.165, 1.54) is 24.3 Å². The molecule has 3 atom stereocenters. The van der Waals surface area contributed by atoms with Crippen LogP contribution in [0.4, 0.5) is 5.69 Å². The second-order valence-corrected chi connectivity index (χ2v) is 3.24. The number of nitrogens with one attached hydrogen (secondary N) is 1. The van der Waals surface area contributed by atoms with Crippen LogP contribution in [0.5, 0.6) is 0 Å². The highest BCUT2D eigenvalue weighted by Crippen LogP contribution is 2.17. The first kappa shape index (κ1) is 12.6. The fourth-order valence-corrected chi connectivity index (χ4v) is 1.20. The lowest BCUT2D eigenvalue weighted by Gasteiger charge is -2.17. The number of carboxylic acid groups (broad SMARTS) is 1. The number of aliphatic hydroxyl groups is 1. The molecule has 0 bridgehead atoms. The van der Waals surface area contributed by atoms with Crippen LogP contribution in [0.15, 0.2) is 24.3 Å². The van der Waals surface area contributed by atoms with Gasteiger partial charge in [-0.25, -0.2) is 5.21 Å². The average molecular weight is 228 g/mol. The third kappa shape index (κ3) is 2.75. The molecule has 1 aromatic rings. The van der Waals surface area contributed by atoms with Gasteiger partial charge in [0.05, 0.1) is 0 Å². The number of hydrogen-bond donors (Lipinski definition) is 5. The zero-order valence-corrected chi connectivity index (χ0v) is 8.20. The van der Waals surface area contributed by atoms with Gasteiger partial charge in [0.15, 0.2) is 5.69 Å². The summed E-state index contributed by atoms with van der Waals surface area (Å²) in [5.74, 6) is -1.35. The summed E-state index contributed by atoms with van der Waals surface area (Å²) in [7, 11) is 0. The van der Waals surface area contributed by atoms with Gasteiger partial charge in [-0.2, -0.15) is 5.23 Å². The molecule has 0 fully saturated rings. The fraction of sp³-hybridized carbons (Fsp3) is 0.222. The minimum atomic E-state index is -1.48. The minimum Gasteiger partial charge on any atom is -0.595 e. The molecule has 0 spiro atoms. The zero-order valence-electron chi connectivity index (χ0n) is 8.20. The lowest BCUT2D eigenvalue weighted by molar-refractivity contribution is -0.991. The second-order valence-electron chi connectivity index (χ2n) is 3.24. The van der Waals surface area contributed by atoms with Gasteiger partial charge in [-0.3, -0.25) is 4.79 Å². The molecule has 0 amide bonds. The van der Waals surface area contributed by atoms with Gasteiger partial charge in [-0.15, -0.1) is 0 Å². The molecule has 7 nitrogen and oxygen atoms in total. The van der Waals surface area contributed by atoms with Crippen molar-refractivity contribution in [1.82, 2.24) is 0 Å². The number of quaternary nitrogens is 1. The van der Waals surface area contributed by atoms with E-state index in [0.717, 1.165) is 0 Å². The molecule has 1 rings (SSSR count). The molecule has 0 heterocycles. The molecule has 1 unspecified atom stereocenters. The number of benzene rings is 1. The van der Waals surface area contributed by atoms with Crippen LogP contribution < -0.4 is 11.0 Å². The monoisotopic (exact) mass is 228 g/mol. The SMILES string of the molecule is N[C@@H](C(=O)O)[C@@H](O)c1cccc([NH+]([O-])O)c1. The van der Waals surface area contributed by atoms with Crippen LogP contribution in [0.25, 0.3) is 0 Å². The largest absolute Gasteiger partial charge is 0.595 e. The Morgan fingerprint density at radius 2 is 2.12 bits per heavy atom. The predicted molar refractivity (Wildman–Crippen MR) is 52.8 cm³/mol. The maximum Gasteiger partial charge on any atom is 0.323 e. The molecule has 0 aliphatic carbocycles. The van der Waals surface area contributed by atoms with Crippen molar-refractivity contribution in [2.45, 2.75) is 12.1 Å². The summed E-state index contributed by atoms with van der Waals surface area (Å²) in [5, 5.41) is 36.4. The van der Waals surface area contributed by atoms with Gasteiger partial charge < -0.3 is 21.2 Å². The summed E-state index contributed by atoms with van der Waals surface area (Å²) in [6.07, 6.45) is -1.43. The van der Waals surface area contributed by atoms with Gasteiger partial charge in [0.2, 0.25) is 0 Å². The van der Waals surface area contributed by atoms with Crippen molar-refractivity contribution in [2.24, 2.45) is 5.73 Å².